The van der Waals surface area contributed by atoms with Crippen molar-refractivity contribution in [3.63, 3.8) is 0 Å². The Morgan fingerprint density at radius 2 is 1.57 bits per heavy atom. The van der Waals surface area contributed by atoms with E-state index < -0.39 is 10.0 Å². The van der Waals surface area contributed by atoms with Crippen molar-refractivity contribution in [3.8, 4) is 11.5 Å². The van der Waals surface area contributed by atoms with Crippen LogP contribution in [-0.2, 0) is 14.8 Å². The minimum absolute atomic E-state index is 0.133. The fraction of sp³-hybridized carbons (Fsp3) is 0.423. The lowest BCUT2D eigenvalue weighted by Crippen LogP contribution is -2.46. The number of piperidine rings is 2. The van der Waals surface area contributed by atoms with Gasteiger partial charge < -0.3 is 9.42 Å². The average Bonchev–Trinajstić information content (AvgIpc) is 3.40. The molecule has 2 aliphatic rings. The number of hydrogen-bond donors (Lipinski definition) is 0. The molecule has 0 radical (unpaired) electrons. The van der Waals surface area contributed by atoms with E-state index in [2.05, 4.69) is 10.1 Å². The number of likely N-dealkylation sites (tertiary alicyclic amines) is 1. The number of sulfonamides is 1. The van der Waals surface area contributed by atoms with E-state index in [0.29, 0.717) is 55.6 Å². The lowest BCUT2D eigenvalue weighted by molar-refractivity contribution is -0.137. The van der Waals surface area contributed by atoms with Crippen molar-refractivity contribution >= 4 is 15.9 Å². The quantitative estimate of drug-likeness (QED) is 0.535. The number of hydrogen-bond acceptors (Lipinski definition) is 6. The second kappa shape index (κ2) is 9.91. The van der Waals surface area contributed by atoms with Crippen molar-refractivity contribution in [2.24, 2.45) is 5.92 Å². The zero-order valence-electron chi connectivity index (χ0n) is 19.8. The Hall–Kier alpha value is -3.04. The standard InChI is InChI=1S/C26H30N4O4S/c1-19-7-9-23(10-8-19)35(32,33)30-17-13-22(14-18-30)26(31)29-15-11-20(12-16-29)24-27-25(34-28-24)21-5-3-2-4-6-21/h2-10,20,22H,11-18H2,1H3. The molecule has 2 aliphatic heterocycles. The first-order valence-electron chi connectivity index (χ1n) is 12.2. The second-order valence-electron chi connectivity index (χ2n) is 9.41. The van der Waals surface area contributed by atoms with Gasteiger partial charge in [0.15, 0.2) is 5.82 Å². The van der Waals surface area contributed by atoms with E-state index >= 15 is 0 Å². The molecule has 1 amide bonds. The number of carbonyl (C=O) groups is 1. The van der Waals surface area contributed by atoms with E-state index in [1.165, 1.54) is 4.31 Å². The fourth-order valence-corrected chi connectivity index (χ4v) is 6.39. The summed E-state index contributed by atoms with van der Waals surface area (Å²) in [4.78, 5) is 20.0. The van der Waals surface area contributed by atoms with E-state index in [-0.39, 0.29) is 17.7 Å². The molecule has 0 spiro atoms. The van der Waals surface area contributed by atoms with Crippen molar-refractivity contribution in [3.05, 3.63) is 66.0 Å². The first-order valence-corrected chi connectivity index (χ1v) is 13.6. The molecule has 0 atom stereocenters. The Morgan fingerprint density at radius 3 is 2.23 bits per heavy atom. The van der Waals surface area contributed by atoms with Gasteiger partial charge in [0, 0.05) is 43.6 Å². The molecular weight excluding hydrogens is 464 g/mol. The van der Waals surface area contributed by atoms with Crippen molar-refractivity contribution in [1.82, 2.24) is 19.3 Å². The third-order valence-corrected chi connectivity index (χ3v) is 9.01. The molecule has 35 heavy (non-hydrogen) atoms. The van der Waals surface area contributed by atoms with Crippen LogP contribution in [0.5, 0.6) is 0 Å². The molecule has 3 aromatic rings. The summed E-state index contributed by atoms with van der Waals surface area (Å²) >= 11 is 0. The molecule has 0 aliphatic carbocycles. The SMILES string of the molecule is Cc1ccc(S(=O)(=O)N2CCC(C(=O)N3CCC(c4noc(-c5ccccc5)n4)CC3)CC2)cc1. The molecule has 0 unspecified atom stereocenters. The largest absolute Gasteiger partial charge is 0.342 e. The summed E-state index contributed by atoms with van der Waals surface area (Å²) in [5.74, 6) is 1.39. The molecule has 184 valence electrons. The van der Waals surface area contributed by atoms with Gasteiger partial charge in [-0.05, 0) is 56.9 Å². The zero-order chi connectivity index (χ0) is 24.4. The van der Waals surface area contributed by atoms with E-state index in [0.717, 1.165) is 24.0 Å². The highest BCUT2D eigenvalue weighted by molar-refractivity contribution is 7.89. The van der Waals surface area contributed by atoms with E-state index in [9.17, 15) is 13.2 Å². The van der Waals surface area contributed by atoms with Gasteiger partial charge in [0.2, 0.25) is 15.9 Å². The first-order chi connectivity index (χ1) is 16.9. The average molecular weight is 495 g/mol. The third kappa shape index (κ3) is 5.01. The molecule has 1 aromatic heterocycles. The molecule has 2 saturated heterocycles. The molecule has 0 bridgehead atoms. The molecule has 5 rings (SSSR count). The Kier molecular flexibility index (Phi) is 6.71. The van der Waals surface area contributed by atoms with Crippen LogP contribution in [0.25, 0.3) is 11.5 Å². The van der Waals surface area contributed by atoms with E-state index in [1.807, 2.05) is 54.3 Å². The molecule has 0 N–H and O–H groups in total. The minimum Gasteiger partial charge on any atom is -0.342 e. The van der Waals surface area contributed by atoms with Crippen molar-refractivity contribution in [2.75, 3.05) is 26.2 Å². The number of rotatable bonds is 5. The van der Waals surface area contributed by atoms with Crippen LogP contribution in [0.3, 0.4) is 0 Å². The highest BCUT2D eigenvalue weighted by atomic mass is 32.2. The third-order valence-electron chi connectivity index (χ3n) is 7.10. The maximum Gasteiger partial charge on any atom is 0.257 e. The van der Waals surface area contributed by atoms with Crippen LogP contribution in [0.15, 0.2) is 64.0 Å². The van der Waals surface area contributed by atoms with E-state index in [1.54, 1.807) is 12.1 Å². The first kappa shape index (κ1) is 23.7. The Balaban J connectivity index is 1.14. The van der Waals surface area contributed by atoms with Gasteiger partial charge in [-0.2, -0.15) is 9.29 Å². The van der Waals surface area contributed by atoms with Gasteiger partial charge in [-0.15, -0.1) is 0 Å². The number of amides is 1. The van der Waals surface area contributed by atoms with Crippen LogP contribution in [0, 0.1) is 12.8 Å². The number of aryl methyl sites for hydroxylation is 1. The smallest absolute Gasteiger partial charge is 0.257 e. The molecule has 2 fully saturated rings. The van der Waals surface area contributed by atoms with Crippen LogP contribution in [-0.4, -0.2) is 59.8 Å². The maximum atomic E-state index is 13.2. The van der Waals surface area contributed by atoms with Crippen LogP contribution in [0.2, 0.25) is 0 Å². The molecular formula is C26H30N4O4S. The monoisotopic (exact) mass is 494 g/mol. The summed E-state index contributed by atoms with van der Waals surface area (Å²) in [6.07, 6.45) is 2.69. The van der Waals surface area contributed by atoms with Gasteiger partial charge in [-0.3, -0.25) is 4.79 Å². The zero-order valence-corrected chi connectivity index (χ0v) is 20.7. The summed E-state index contributed by atoms with van der Waals surface area (Å²) in [6.45, 7) is 3.98. The number of nitrogens with zero attached hydrogens (tertiary/aromatic N) is 4. The normalized spacial score (nSPS) is 18.6. The van der Waals surface area contributed by atoms with Gasteiger partial charge in [-0.25, -0.2) is 8.42 Å². The Morgan fingerprint density at radius 1 is 0.914 bits per heavy atom. The Labute approximate surface area is 206 Å². The highest BCUT2D eigenvalue weighted by Gasteiger charge is 2.35. The summed E-state index contributed by atoms with van der Waals surface area (Å²) < 4.78 is 32.9. The van der Waals surface area contributed by atoms with Crippen molar-refractivity contribution in [1.29, 1.82) is 0 Å². The van der Waals surface area contributed by atoms with Crippen LogP contribution >= 0.6 is 0 Å². The number of benzene rings is 2. The van der Waals surface area contributed by atoms with Gasteiger partial charge in [0.05, 0.1) is 4.90 Å². The summed E-state index contributed by atoms with van der Waals surface area (Å²) in [5.41, 5.74) is 1.92. The Bertz CT molecular complexity index is 1260. The van der Waals surface area contributed by atoms with Crippen LogP contribution < -0.4 is 0 Å². The highest BCUT2D eigenvalue weighted by Crippen LogP contribution is 2.31. The van der Waals surface area contributed by atoms with Crippen LogP contribution in [0.1, 0.15) is 43.0 Å². The minimum atomic E-state index is -3.52. The van der Waals surface area contributed by atoms with Gasteiger partial charge in [-0.1, -0.05) is 41.1 Å². The fourth-order valence-electron chi connectivity index (χ4n) is 4.92. The predicted octanol–water partition coefficient (Wildman–Crippen LogP) is 3.85. The molecule has 3 heterocycles. The van der Waals surface area contributed by atoms with Gasteiger partial charge in [0.25, 0.3) is 5.89 Å². The van der Waals surface area contributed by atoms with E-state index in [4.69, 9.17) is 4.52 Å². The second-order valence-corrected chi connectivity index (χ2v) is 11.4. The number of aromatic nitrogens is 2. The van der Waals surface area contributed by atoms with Gasteiger partial charge in [0.1, 0.15) is 0 Å². The molecule has 0 saturated carbocycles. The maximum absolute atomic E-state index is 13.2. The summed E-state index contributed by atoms with van der Waals surface area (Å²) in [7, 11) is -3.52. The van der Waals surface area contributed by atoms with Gasteiger partial charge >= 0.3 is 0 Å². The lowest BCUT2D eigenvalue weighted by Gasteiger charge is -2.36. The molecule has 8 nitrogen and oxygen atoms in total. The topological polar surface area (TPSA) is 96.6 Å². The predicted molar refractivity (Wildman–Crippen MR) is 131 cm³/mol. The summed E-state index contributed by atoms with van der Waals surface area (Å²) in [5, 5.41) is 4.19. The number of carbonyl (C=O) groups excluding carboxylic acids is 1. The molecule has 9 heteroatoms. The van der Waals surface area contributed by atoms with Crippen LogP contribution in [0.4, 0.5) is 0 Å². The van der Waals surface area contributed by atoms with Crippen molar-refractivity contribution < 1.29 is 17.7 Å². The lowest BCUT2D eigenvalue weighted by atomic mass is 9.92. The summed E-state index contributed by atoms with van der Waals surface area (Å²) in [6, 6.07) is 16.6. The van der Waals surface area contributed by atoms with Crippen molar-refractivity contribution in [2.45, 2.75) is 43.4 Å². The molecule has 2 aromatic carbocycles.